The topological polar surface area (TPSA) is 50.4 Å². The van der Waals surface area contributed by atoms with E-state index in [0.717, 1.165) is 6.07 Å². The molecule has 0 radical (unpaired) electrons. The van der Waals surface area contributed by atoms with Crippen LogP contribution in [0.2, 0.25) is 0 Å². The van der Waals surface area contributed by atoms with E-state index < -0.39 is 17.8 Å². The van der Waals surface area contributed by atoms with Gasteiger partial charge in [-0.3, -0.25) is 4.79 Å². The third-order valence-electron chi connectivity index (χ3n) is 2.43. The number of carbonyl (C=O) groups excluding carboxylic acids is 1. The van der Waals surface area contributed by atoms with Crippen LogP contribution in [0, 0.1) is 0 Å². The minimum absolute atomic E-state index is 0.0391. The molecule has 0 aliphatic heterocycles. The Balaban J connectivity index is 2.60. The van der Waals surface area contributed by atoms with Crippen LogP contribution in [-0.2, 0) is 11.0 Å². The molecular formula is C13H17F3N2O2. The van der Waals surface area contributed by atoms with E-state index in [0.29, 0.717) is 0 Å². The molecule has 1 aromatic carbocycles. The van der Waals surface area contributed by atoms with E-state index in [-0.39, 0.29) is 24.8 Å². The summed E-state index contributed by atoms with van der Waals surface area (Å²) in [5.74, 6) is -0.484. The van der Waals surface area contributed by atoms with Gasteiger partial charge in [-0.25, -0.2) is 0 Å². The van der Waals surface area contributed by atoms with Crippen LogP contribution >= 0.6 is 0 Å². The van der Waals surface area contributed by atoms with Gasteiger partial charge in [0.25, 0.3) is 0 Å². The average molecular weight is 290 g/mol. The lowest BCUT2D eigenvalue weighted by Gasteiger charge is -2.17. The molecule has 0 aliphatic rings. The largest absolute Gasteiger partial charge is 0.491 e. The van der Waals surface area contributed by atoms with Gasteiger partial charge < -0.3 is 15.4 Å². The highest BCUT2D eigenvalue weighted by Gasteiger charge is 2.34. The van der Waals surface area contributed by atoms with Crippen molar-refractivity contribution in [2.75, 3.05) is 20.2 Å². The number of alkyl halides is 3. The molecule has 20 heavy (non-hydrogen) atoms. The fourth-order valence-electron chi connectivity index (χ4n) is 1.57. The Hall–Kier alpha value is -1.76. The van der Waals surface area contributed by atoms with Crippen LogP contribution in [0.5, 0.6) is 5.75 Å². The van der Waals surface area contributed by atoms with Crippen molar-refractivity contribution in [3.05, 3.63) is 29.8 Å². The molecule has 0 fully saturated rings. The number of nitrogens with one attached hydrogen (secondary N) is 2. The first-order valence-electron chi connectivity index (χ1n) is 6.07. The van der Waals surface area contributed by atoms with Crippen LogP contribution in [0.15, 0.2) is 24.3 Å². The normalized spacial score (nSPS) is 12.8. The first-order chi connectivity index (χ1) is 9.34. The molecule has 7 heteroatoms. The van der Waals surface area contributed by atoms with Crippen LogP contribution in [0.3, 0.4) is 0 Å². The summed E-state index contributed by atoms with van der Waals surface area (Å²) in [6.45, 7) is 1.76. The fourth-order valence-corrected chi connectivity index (χ4v) is 1.57. The van der Waals surface area contributed by atoms with Gasteiger partial charge in [-0.1, -0.05) is 12.1 Å². The zero-order valence-electron chi connectivity index (χ0n) is 11.3. The van der Waals surface area contributed by atoms with Crippen molar-refractivity contribution in [2.24, 2.45) is 0 Å². The Morgan fingerprint density at radius 2 is 2.00 bits per heavy atom. The number of hydrogen-bond donors (Lipinski definition) is 2. The van der Waals surface area contributed by atoms with Crippen LogP contribution in [0.25, 0.3) is 0 Å². The second-order valence-corrected chi connectivity index (χ2v) is 4.30. The lowest BCUT2D eigenvalue weighted by atomic mass is 10.2. The van der Waals surface area contributed by atoms with Gasteiger partial charge in [0.15, 0.2) is 0 Å². The quantitative estimate of drug-likeness (QED) is 0.840. The van der Waals surface area contributed by atoms with E-state index in [1.165, 1.54) is 18.2 Å². The number of halogens is 3. The predicted molar refractivity (Wildman–Crippen MR) is 68.5 cm³/mol. The molecule has 0 saturated heterocycles. The van der Waals surface area contributed by atoms with Crippen LogP contribution in [0.1, 0.15) is 12.5 Å². The molecule has 0 bridgehead atoms. The number of hydrogen-bond acceptors (Lipinski definition) is 3. The molecule has 0 saturated carbocycles. The van der Waals surface area contributed by atoms with Crippen molar-refractivity contribution in [1.29, 1.82) is 0 Å². The minimum atomic E-state index is -4.46. The average Bonchev–Trinajstić information content (AvgIpc) is 2.36. The molecule has 0 spiro atoms. The smallest absolute Gasteiger partial charge is 0.419 e. The van der Waals surface area contributed by atoms with Crippen LogP contribution in [0.4, 0.5) is 13.2 Å². The standard InChI is InChI=1S/C13H17F3N2O2/c1-9(18-12(19)7-17-2)8-20-11-6-4-3-5-10(11)13(14,15)16/h3-6,9,17H,7-8H2,1-2H3,(H,18,19). The summed E-state index contributed by atoms with van der Waals surface area (Å²) < 4.78 is 43.3. The zero-order chi connectivity index (χ0) is 15.2. The monoisotopic (exact) mass is 290 g/mol. The van der Waals surface area contributed by atoms with Crippen molar-refractivity contribution in [3.8, 4) is 5.75 Å². The summed E-state index contributed by atoms with van der Waals surface area (Å²) in [5, 5.41) is 5.28. The molecule has 4 nitrogen and oxygen atoms in total. The number of ether oxygens (including phenoxy) is 1. The van der Waals surface area contributed by atoms with Gasteiger partial charge in [0, 0.05) is 0 Å². The molecule has 1 amide bonds. The molecule has 1 unspecified atom stereocenters. The molecule has 1 aromatic rings. The Labute approximate surface area is 115 Å². The minimum Gasteiger partial charge on any atom is -0.491 e. The zero-order valence-corrected chi connectivity index (χ0v) is 11.3. The highest BCUT2D eigenvalue weighted by atomic mass is 19.4. The molecule has 0 aromatic heterocycles. The van der Waals surface area contributed by atoms with Gasteiger partial charge in [-0.15, -0.1) is 0 Å². The van der Waals surface area contributed by atoms with Gasteiger partial charge in [-0.05, 0) is 26.1 Å². The summed E-state index contributed by atoms with van der Waals surface area (Å²) in [6, 6.07) is 4.59. The third kappa shape index (κ3) is 5.08. The summed E-state index contributed by atoms with van der Waals surface area (Å²) in [5.41, 5.74) is -0.825. The van der Waals surface area contributed by atoms with E-state index in [1.54, 1.807) is 14.0 Å². The first kappa shape index (κ1) is 16.3. The highest BCUT2D eigenvalue weighted by molar-refractivity contribution is 5.78. The van der Waals surface area contributed by atoms with Gasteiger partial charge in [0.05, 0.1) is 18.2 Å². The molecule has 112 valence electrons. The number of benzene rings is 1. The number of carbonyl (C=O) groups is 1. The van der Waals surface area contributed by atoms with E-state index >= 15 is 0 Å². The maximum Gasteiger partial charge on any atom is 0.419 e. The summed E-state index contributed by atoms with van der Waals surface area (Å²) >= 11 is 0. The Bertz CT molecular complexity index is 449. The van der Waals surface area contributed by atoms with Gasteiger partial charge in [-0.2, -0.15) is 13.2 Å². The lowest BCUT2D eigenvalue weighted by Crippen LogP contribution is -2.41. The van der Waals surface area contributed by atoms with Crippen molar-refractivity contribution in [1.82, 2.24) is 10.6 Å². The Kier molecular flexibility index (Phi) is 5.82. The highest BCUT2D eigenvalue weighted by Crippen LogP contribution is 2.35. The third-order valence-corrected chi connectivity index (χ3v) is 2.43. The summed E-state index contributed by atoms with van der Waals surface area (Å²) in [6.07, 6.45) is -4.46. The molecule has 2 N–H and O–H groups in total. The molecule has 1 atom stereocenters. The Morgan fingerprint density at radius 3 is 2.60 bits per heavy atom. The maximum absolute atomic E-state index is 12.7. The number of para-hydroxylation sites is 1. The van der Waals surface area contributed by atoms with Crippen molar-refractivity contribution in [3.63, 3.8) is 0 Å². The molecule has 0 aliphatic carbocycles. The maximum atomic E-state index is 12.7. The molecule has 1 rings (SSSR count). The van der Waals surface area contributed by atoms with Crippen LogP contribution in [-0.4, -0.2) is 32.1 Å². The number of amides is 1. The number of rotatable bonds is 6. The van der Waals surface area contributed by atoms with Gasteiger partial charge in [0.2, 0.25) is 5.91 Å². The van der Waals surface area contributed by atoms with Crippen LogP contribution < -0.4 is 15.4 Å². The van der Waals surface area contributed by atoms with Crippen molar-refractivity contribution in [2.45, 2.75) is 19.1 Å². The Morgan fingerprint density at radius 1 is 1.35 bits per heavy atom. The lowest BCUT2D eigenvalue weighted by molar-refractivity contribution is -0.139. The van der Waals surface area contributed by atoms with Gasteiger partial charge >= 0.3 is 6.18 Å². The SMILES string of the molecule is CNCC(=O)NC(C)COc1ccccc1C(F)(F)F. The number of likely N-dealkylation sites (N-methyl/N-ethyl adjacent to an activating group) is 1. The van der Waals surface area contributed by atoms with E-state index in [4.69, 9.17) is 4.74 Å². The van der Waals surface area contributed by atoms with E-state index in [2.05, 4.69) is 10.6 Å². The second-order valence-electron chi connectivity index (χ2n) is 4.30. The fraction of sp³-hybridized carbons (Fsp3) is 0.462. The summed E-state index contributed by atoms with van der Waals surface area (Å²) in [4.78, 5) is 11.3. The molecule has 0 heterocycles. The molecular weight excluding hydrogens is 273 g/mol. The van der Waals surface area contributed by atoms with E-state index in [1.807, 2.05) is 0 Å². The van der Waals surface area contributed by atoms with Crippen molar-refractivity contribution < 1.29 is 22.7 Å². The first-order valence-corrected chi connectivity index (χ1v) is 6.07. The summed E-state index contributed by atoms with van der Waals surface area (Å²) in [7, 11) is 1.63. The van der Waals surface area contributed by atoms with E-state index in [9.17, 15) is 18.0 Å². The van der Waals surface area contributed by atoms with Crippen molar-refractivity contribution >= 4 is 5.91 Å². The second kappa shape index (κ2) is 7.14. The predicted octanol–water partition coefficient (Wildman–Crippen LogP) is 1.81. The van der Waals surface area contributed by atoms with Gasteiger partial charge in [0.1, 0.15) is 12.4 Å².